The Morgan fingerprint density at radius 3 is 2.80 bits per heavy atom. The van der Waals surface area contributed by atoms with Crippen LogP contribution in [0.5, 0.6) is 5.75 Å². The van der Waals surface area contributed by atoms with Crippen LogP contribution in [0.15, 0.2) is 42.5 Å². The van der Waals surface area contributed by atoms with Crippen LogP contribution in [0.3, 0.4) is 0 Å². The molecule has 0 saturated heterocycles. The highest BCUT2D eigenvalue weighted by Crippen LogP contribution is 2.21. The molecule has 104 valence electrons. The van der Waals surface area contributed by atoms with Crippen molar-refractivity contribution in [1.82, 2.24) is 0 Å². The van der Waals surface area contributed by atoms with Crippen molar-refractivity contribution in [1.29, 1.82) is 0 Å². The Balaban J connectivity index is 2.14. The number of nitrogens with two attached hydrogens (primary N) is 1. The molecule has 5 heteroatoms. The minimum absolute atomic E-state index is 0.248. The van der Waals surface area contributed by atoms with Gasteiger partial charge >= 0.3 is 0 Å². The van der Waals surface area contributed by atoms with E-state index in [1.165, 1.54) is 0 Å². The number of ether oxygens (including phenoxy) is 1. The highest BCUT2D eigenvalue weighted by Gasteiger charge is 2.08. The van der Waals surface area contributed by atoms with Gasteiger partial charge in [-0.2, -0.15) is 0 Å². The lowest BCUT2D eigenvalue weighted by Gasteiger charge is -2.08. The van der Waals surface area contributed by atoms with Crippen LogP contribution in [-0.4, -0.2) is 12.5 Å². The van der Waals surface area contributed by atoms with Gasteiger partial charge in [0.25, 0.3) is 5.91 Å². The molecule has 4 nitrogen and oxygen atoms in total. The van der Waals surface area contributed by atoms with Gasteiger partial charge in [0.1, 0.15) is 5.75 Å². The number of anilines is 2. The summed E-state index contributed by atoms with van der Waals surface area (Å²) in [6, 6.07) is 12.0. The summed E-state index contributed by atoms with van der Waals surface area (Å²) in [5.74, 6) is 0.461. The van der Waals surface area contributed by atoms with Crippen LogP contribution < -0.4 is 15.8 Å². The lowest BCUT2D eigenvalue weighted by atomic mass is 10.2. The van der Waals surface area contributed by atoms with Crippen molar-refractivity contribution >= 4 is 28.9 Å². The van der Waals surface area contributed by atoms with E-state index in [4.69, 9.17) is 22.1 Å². The van der Waals surface area contributed by atoms with Crippen molar-refractivity contribution in [2.75, 3.05) is 17.7 Å². The Morgan fingerprint density at radius 2 is 2.10 bits per heavy atom. The van der Waals surface area contributed by atoms with Gasteiger partial charge in [0.05, 0.1) is 17.3 Å². The first-order chi connectivity index (χ1) is 9.60. The van der Waals surface area contributed by atoms with E-state index in [1.807, 2.05) is 19.1 Å². The van der Waals surface area contributed by atoms with Gasteiger partial charge < -0.3 is 15.8 Å². The summed E-state index contributed by atoms with van der Waals surface area (Å²) in [5, 5.41) is 3.22. The number of nitrogen functional groups attached to an aromatic ring is 1. The number of rotatable bonds is 4. The first-order valence-corrected chi connectivity index (χ1v) is 6.57. The van der Waals surface area contributed by atoms with Gasteiger partial charge in [0, 0.05) is 17.3 Å². The molecule has 20 heavy (non-hydrogen) atoms. The molecule has 0 aliphatic rings. The second-order valence-corrected chi connectivity index (χ2v) is 4.56. The molecule has 1 amide bonds. The largest absolute Gasteiger partial charge is 0.494 e. The second-order valence-electron chi connectivity index (χ2n) is 4.15. The van der Waals surface area contributed by atoms with Crippen LogP contribution in [0.4, 0.5) is 11.4 Å². The summed E-state index contributed by atoms with van der Waals surface area (Å²) in [7, 11) is 0. The van der Waals surface area contributed by atoms with E-state index in [0.29, 0.717) is 34.3 Å². The summed E-state index contributed by atoms with van der Waals surface area (Å²) in [6.45, 7) is 2.48. The molecule has 0 heterocycles. The third-order valence-corrected chi connectivity index (χ3v) is 3.01. The first-order valence-electron chi connectivity index (χ1n) is 6.19. The van der Waals surface area contributed by atoms with E-state index in [9.17, 15) is 4.79 Å². The van der Waals surface area contributed by atoms with Gasteiger partial charge in [-0.15, -0.1) is 0 Å². The molecule has 0 saturated carbocycles. The van der Waals surface area contributed by atoms with Gasteiger partial charge in [-0.3, -0.25) is 4.79 Å². The summed E-state index contributed by atoms with van der Waals surface area (Å²) in [4.78, 5) is 12.1. The van der Waals surface area contributed by atoms with Gasteiger partial charge in [-0.1, -0.05) is 17.7 Å². The SMILES string of the molecule is CCOc1cccc(NC(=O)c2ccc(Cl)c(N)c2)c1. The zero-order valence-corrected chi connectivity index (χ0v) is 11.8. The van der Waals surface area contributed by atoms with E-state index in [2.05, 4.69) is 5.32 Å². The maximum Gasteiger partial charge on any atom is 0.255 e. The minimum atomic E-state index is -0.248. The molecular weight excluding hydrogens is 276 g/mol. The predicted molar refractivity (Wildman–Crippen MR) is 81.4 cm³/mol. The molecule has 0 radical (unpaired) electrons. The Bertz CT molecular complexity index is 629. The molecule has 0 aliphatic carbocycles. The number of nitrogens with one attached hydrogen (secondary N) is 1. The van der Waals surface area contributed by atoms with Gasteiger partial charge in [0.2, 0.25) is 0 Å². The van der Waals surface area contributed by atoms with Crippen LogP contribution >= 0.6 is 11.6 Å². The molecule has 0 spiro atoms. The normalized spacial score (nSPS) is 10.1. The van der Waals surface area contributed by atoms with Crippen molar-refractivity contribution in [2.45, 2.75) is 6.92 Å². The third kappa shape index (κ3) is 3.42. The van der Waals surface area contributed by atoms with Crippen molar-refractivity contribution < 1.29 is 9.53 Å². The Morgan fingerprint density at radius 1 is 1.30 bits per heavy atom. The van der Waals surface area contributed by atoms with Gasteiger partial charge in [-0.25, -0.2) is 0 Å². The van der Waals surface area contributed by atoms with E-state index in [1.54, 1.807) is 30.3 Å². The number of amides is 1. The van der Waals surface area contributed by atoms with E-state index in [-0.39, 0.29) is 5.91 Å². The molecule has 0 bridgehead atoms. The standard InChI is InChI=1S/C15H15ClN2O2/c1-2-20-12-5-3-4-11(9-12)18-15(19)10-6-7-13(16)14(17)8-10/h3-9H,2,17H2,1H3,(H,18,19). The Kier molecular flexibility index (Phi) is 4.48. The third-order valence-electron chi connectivity index (χ3n) is 2.66. The van der Waals surface area contributed by atoms with Crippen LogP contribution in [0.25, 0.3) is 0 Å². The lowest BCUT2D eigenvalue weighted by molar-refractivity contribution is 0.102. The fourth-order valence-electron chi connectivity index (χ4n) is 1.72. The van der Waals surface area contributed by atoms with Crippen LogP contribution in [0.1, 0.15) is 17.3 Å². The average Bonchev–Trinajstić information content (AvgIpc) is 2.42. The highest BCUT2D eigenvalue weighted by molar-refractivity contribution is 6.33. The summed E-state index contributed by atoms with van der Waals surface area (Å²) < 4.78 is 5.38. The minimum Gasteiger partial charge on any atom is -0.494 e. The predicted octanol–water partition coefficient (Wildman–Crippen LogP) is 3.57. The highest BCUT2D eigenvalue weighted by atomic mass is 35.5. The molecule has 0 aliphatic heterocycles. The zero-order valence-electron chi connectivity index (χ0n) is 11.0. The Hall–Kier alpha value is -2.20. The van der Waals surface area contributed by atoms with Gasteiger partial charge in [0.15, 0.2) is 0 Å². The van der Waals surface area contributed by atoms with E-state index in [0.717, 1.165) is 0 Å². The number of carbonyl (C=O) groups excluding carboxylic acids is 1. The summed E-state index contributed by atoms with van der Waals surface area (Å²) in [6.07, 6.45) is 0. The zero-order chi connectivity index (χ0) is 14.5. The van der Waals surface area contributed by atoms with Gasteiger partial charge in [-0.05, 0) is 37.3 Å². The van der Waals surface area contributed by atoms with Crippen LogP contribution in [-0.2, 0) is 0 Å². The number of carbonyl (C=O) groups is 1. The molecular formula is C15H15ClN2O2. The molecule has 0 aromatic heterocycles. The maximum absolute atomic E-state index is 12.1. The van der Waals surface area contributed by atoms with Crippen molar-refractivity contribution in [3.05, 3.63) is 53.1 Å². The molecule has 0 fully saturated rings. The van der Waals surface area contributed by atoms with E-state index >= 15 is 0 Å². The Labute approximate surface area is 122 Å². The maximum atomic E-state index is 12.1. The molecule has 2 rings (SSSR count). The smallest absolute Gasteiger partial charge is 0.255 e. The molecule has 3 N–H and O–H groups in total. The fraction of sp³-hybridized carbons (Fsp3) is 0.133. The summed E-state index contributed by atoms with van der Waals surface area (Å²) >= 11 is 5.83. The van der Waals surface area contributed by atoms with E-state index < -0.39 is 0 Å². The number of halogens is 1. The second kappa shape index (κ2) is 6.30. The number of hydrogen-bond acceptors (Lipinski definition) is 3. The molecule has 0 atom stereocenters. The quantitative estimate of drug-likeness (QED) is 0.846. The molecule has 2 aromatic carbocycles. The molecule has 0 unspecified atom stereocenters. The van der Waals surface area contributed by atoms with Crippen LogP contribution in [0, 0.1) is 0 Å². The number of benzene rings is 2. The molecule has 2 aromatic rings. The first kappa shape index (κ1) is 14.2. The number of hydrogen-bond donors (Lipinski definition) is 2. The monoisotopic (exact) mass is 290 g/mol. The van der Waals surface area contributed by atoms with Crippen LogP contribution in [0.2, 0.25) is 5.02 Å². The van der Waals surface area contributed by atoms with Crippen molar-refractivity contribution in [3.63, 3.8) is 0 Å². The topological polar surface area (TPSA) is 64.3 Å². The van der Waals surface area contributed by atoms with Crippen molar-refractivity contribution in [2.24, 2.45) is 0 Å². The fourth-order valence-corrected chi connectivity index (χ4v) is 1.84. The van der Waals surface area contributed by atoms with Crippen molar-refractivity contribution in [3.8, 4) is 5.75 Å². The summed E-state index contributed by atoms with van der Waals surface area (Å²) in [5.41, 5.74) is 7.17. The average molecular weight is 291 g/mol. The lowest BCUT2D eigenvalue weighted by Crippen LogP contribution is -2.12.